The number of carbonyl (C=O) groups excluding carboxylic acids is 3. The maximum Gasteiger partial charge on any atom is 0.303 e. The molecule has 5 heteroatoms. The minimum Gasteiger partial charge on any atom is -0.455 e. The number of furan rings is 1. The van der Waals surface area contributed by atoms with Crippen molar-refractivity contribution < 1.29 is 23.5 Å². The summed E-state index contributed by atoms with van der Waals surface area (Å²) in [5.74, 6) is -0.762. The van der Waals surface area contributed by atoms with E-state index in [1.165, 1.54) is 13.0 Å². The molecule has 21 heavy (non-hydrogen) atoms. The summed E-state index contributed by atoms with van der Waals surface area (Å²) < 4.78 is 10.5. The molecular weight excluding hydrogens is 272 g/mol. The van der Waals surface area contributed by atoms with Crippen molar-refractivity contribution in [2.24, 2.45) is 0 Å². The molecule has 0 aliphatic heterocycles. The first kappa shape index (κ1) is 13.3. The smallest absolute Gasteiger partial charge is 0.303 e. The van der Waals surface area contributed by atoms with Crippen molar-refractivity contribution in [2.75, 3.05) is 0 Å². The van der Waals surface area contributed by atoms with E-state index in [2.05, 4.69) is 0 Å². The van der Waals surface area contributed by atoms with Gasteiger partial charge in [-0.3, -0.25) is 14.4 Å². The van der Waals surface area contributed by atoms with Crippen molar-refractivity contribution in [3.8, 4) is 0 Å². The van der Waals surface area contributed by atoms with Crippen LogP contribution in [0, 0.1) is 0 Å². The molecule has 1 atom stereocenters. The van der Waals surface area contributed by atoms with E-state index in [9.17, 15) is 14.4 Å². The number of esters is 1. The van der Waals surface area contributed by atoms with Crippen molar-refractivity contribution in [1.82, 2.24) is 0 Å². The summed E-state index contributed by atoms with van der Waals surface area (Å²) in [7, 11) is 0. The van der Waals surface area contributed by atoms with Crippen LogP contribution >= 0.6 is 0 Å². The van der Waals surface area contributed by atoms with Gasteiger partial charge < -0.3 is 9.15 Å². The van der Waals surface area contributed by atoms with Crippen LogP contribution in [-0.4, -0.2) is 17.5 Å². The lowest BCUT2D eigenvalue weighted by Crippen LogP contribution is -2.18. The number of hydrogen-bond acceptors (Lipinski definition) is 5. The Kier molecular flexibility index (Phi) is 2.97. The Morgan fingerprint density at radius 3 is 2.33 bits per heavy atom. The lowest BCUT2D eigenvalue weighted by atomic mass is 9.88. The Morgan fingerprint density at radius 2 is 1.71 bits per heavy atom. The third-order valence-electron chi connectivity index (χ3n) is 3.36. The summed E-state index contributed by atoms with van der Waals surface area (Å²) in [6, 6.07) is 8.08. The molecule has 0 radical (unpaired) electrons. The maximum absolute atomic E-state index is 12.4. The van der Waals surface area contributed by atoms with Gasteiger partial charge in [0.15, 0.2) is 17.6 Å². The predicted octanol–water partition coefficient (Wildman–Crippen LogP) is 2.68. The normalized spacial score (nSPS) is 14.4. The zero-order chi connectivity index (χ0) is 15.1. The summed E-state index contributed by atoms with van der Waals surface area (Å²) >= 11 is 0. The summed E-state index contributed by atoms with van der Waals surface area (Å²) in [5.41, 5.74) is 0.909. The molecule has 1 aliphatic rings. The molecule has 0 spiro atoms. The first-order valence-corrected chi connectivity index (χ1v) is 6.48. The summed E-state index contributed by atoms with van der Waals surface area (Å²) in [6.07, 6.45) is -0.656. The molecule has 1 aromatic heterocycles. The van der Waals surface area contributed by atoms with Gasteiger partial charge in [0.25, 0.3) is 0 Å². The van der Waals surface area contributed by atoms with E-state index in [-0.39, 0.29) is 28.7 Å². The van der Waals surface area contributed by atoms with Crippen molar-refractivity contribution in [3.63, 3.8) is 0 Å². The number of ketones is 2. The molecule has 1 unspecified atom stereocenters. The topological polar surface area (TPSA) is 73.6 Å². The number of rotatable bonds is 2. The number of ether oxygens (including phenoxy) is 1. The van der Waals surface area contributed by atoms with Gasteiger partial charge in [-0.25, -0.2) is 0 Å². The minimum atomic E-state index is -0.656. The molecule has 0 N–H and O–H groups in total. The highest BCUT2D eigenvalue weighted by Gasteiger charge is 2.34. The Morgan fingerprint density at radius 1 is 1.10 bits per heavy atom. The predicted molar refractivity (Wildman–Crippen MR) is 72.2 cm³/mol. The largest absolute Gasteiger partial charge is 0.455 e. The molecular formula is C16H12O5. The molecule has 0 bridgehead atoms. The van der Waals surface area contributed by atoms with Crippen LogP contribution in [0.1, 0.15) is 57.8 Å². The molecule has 0 fully saturated rings. The fourth-order valence-corrected chi connectivity index (χ4v) is 2.40. The van der Waals surface area contributed by atoms with Crippen LogP contribution in [0.25, 0.3) is 0 Å². The maximum atomic E-state index is 12.4. The molecule has 1 heterocycles. The van der Waals surface area contributed by atoms with Gasteiger partial charge in [-0.15, -0.1) is 0 Å². The molecule has 106 valence electrons. The Hall–Kier alpha value is -2.69. The van der Waals surface area contributed by atoms with Gasteiger partial charge >= 0.3 is 5.97 Å². The second kappa shape index (κ2) is 4.70. The van der Waals surface area contributed by atoms with Gasteiger partial charge in [-0.05, 0) is 13.0 Å². The van der Waals surface area contributed by atoms with E-state index in [4.69, 9.17) is 9.15 Å². The zero-order valence-electron chi connectivity index (χ0n) is 11.5. The number of fused-ring (bicyclic) bond motifs is 2. The van der Waals surface area contributed by atoms with Gasteiger partial charge in [0.2, 0.25) is 5.78 Å². The molecule has 3 rings (SSSR count). The highest BCUT2D eigenvalue weighted by Crippen LogP contribution is 2.32. The van der Waals surface area contributed by atoms with Crippen LogP contribution in [0.2, 0.25) is 0 Å². The van der Waals surface area contributed by atoms with Gasteiger partial charge in [0, 0.05) is 18.1 Å². The molecule has 0 saturated heterocycles. The summed E-state index contributed by atoms with van der Waals surface area (Å²) in [5, 5.41) is 0. The van der Waals surface area contributed by atoms with E-state index in [1.54, 1.807) is 31.2 Å². The van der Waals surface area contributed by atoms with E-state index >= 15 is 0 Å². The first-order chi connectivity index (χ1) is 9.99. The van der Waals surface area contributed by atoms with Crippen LogP contribution in [0.4, 0.5) is 0 Å². The second-order valence-electron chi connectivity index (χ2n) is 4.85. The van der Waals surface area contributed by atoms with Crippen molar-refractivity contribution >= 4 is 17.5 Å². The van der Waals surface area contributed by atoms with Gasteiger partial charge in [-0.1, -0.05) is 24.3 Å². The Balaban J connectivity index is 2.07. The third-order valence-corrected chi connectivity index (χ3v) is 3.36. The van der Waals surface area contributed by atoms with Crippen molar-refractivity contribution in [2.45, 2.75) is 20.0 Å². The average molecular weight is 284 g/mol. The Labute approximate surface area is 120 Å². The Bertz CT molecular complexity index is 716. The summed E-state index contributed by atoms with van der Waals surface area (Å²) in [6.45, 7) is 2.90. The van der Waals surface area contributed by atoms with E-state index in [1.807, 2.05) is 0 Å². The van der Waals surface area contributed by atoms with Crippen LogP contribution in [0.15, 0.2) is 34.7 Å². The molecule has 5 nitrogen and oxygen atoms in total. The number of carbonyl (C=O) groups is 3. The standard InChI is InChI=1S/C16H12O5/c1-8(20-9(2)17)13-7-12-14(18)10-5-3-4-6-11(10)15(19)16(12)21-13/h3-8H,1-2H3. The van der Waals surface area contributed by atoms with E-state index in [0.29, 0.717) is 11.1 Å². The third kappa shape index (κ3) is 2.07. The number of benzene rings is 1. The van der Waals surface area contributed by atoms with E-state index in [0.717, 1.165) is 0 Å². The number of hydrogen-bond donors (Lipinski definition) is 0. The zero-order valence-corrected chi connectivity index (χ0v) is 11.5. The van der Waals surface area contributed by atoms with Crippen molar-refractivity contribution in [3.05, 3.63) is 58.5 Å². The molecule has 1 aromatic carbocycles. The van der Waals surface area contributed by atoms with Gasteiger partial charge in [-0.2, -0.15) is 0 Å². The van der Waals surface area contributed by atoms with Gasteiger partial charge in [0.05, 0.1) is 5.56 Å². The molecule has 0 amide bonds. The van der Waals surface area contributed by atoms with Crippen LogP contribution in [0.3, 0.4) is 0 Å². The lowest BCUT2D eigenvalue weighted by molar-refractivity contribution is -0.146. The van der Waals surface area contributed by atoms with Gasteiger partial charge in [0.1, 0.15) is 5.76 Å². The monoisotopic (exact) mass is 284 g/mol. The first-order valence-electron chi connectivity index (χ1n) is 6.48. The lowest BCUT2D eigenvalue weighted by Gasteiger charge is -2.11. The fourth-order valence-electron chi connectivity index (χ4n) is 2.40. The minimum absolute atomic E-state index is 0.00713. The highest BCUT2D eigenvalue weighted by atomic mass is 16.5. The second-order valence-corrected chi connectivity index (χ2v) is 4.85. The van der Waals surface area contributed by atoms with Crippen LogP contribution < -0.4 is 0 Å². The van der Waals surface area contributed by atoms with Crippen LogP contribution in [0.5, 0.6) is 0 Å². The van der Waals surface area contributed by atoms with E-state index < -0.39 is 12.1 Å². The summed E-state index contributed by atoms with van der Waals surface area (Å²) in [4.78, 5) is 35.7. The average Bonchev–Trinajstić information content (AvgIpc) is 2.90. The SMILES string of the molecule is CC(=O)OC(C)c1cc2c(o1)C(=O)c1ccccc1C2=O. The molecule has 1 aliphatic carbocycles. The molecule has 2 aromatic rings. The van der Waals surface area contributed by atoms with Crippen molar-refractivity contribution in [1.29, 1.82) is 0 Å². The quantitative estimate of drug-likeness (QED) is 0.676. The fraction of sp³-hybridized carbons (Fsp3) is 0.188. The van der Waals surface area contributed by atoms with Crippen LogP contribution in [-0.2, 0) is 9.53 Å². The highest BCUT2D eigenvalue weighted by molar-refractivity contribution is 6.27. The molecule has 0 saturated carbocycles.